The van der Waals surface area contributed by atoms with Crippen LogP contribution in [0.15, 0.2) is 10.6 Å². The number of hydrogen-bond donors (Lipinski definition) is 0. The molecule has 1 amide bonds. The summed E-state index contributed by atoms with van der Waals surface area (Å²) in [5, 5.41) is 3.81. The second-order valence-corrected chi connectivity index (χ2v) is 5.74. The molecule has 0 radical (unpaired) electrons. The van der Waals surface area contributed by atoms with Crippen molar-refractivity contribution in [2.75, 3.05) is 6.54 Å². The highest BCUT2D eigenvalue weighted by atomic mass is 16.5. The van der Waals surface area contributed by atoms with Crippen LogP contribution in [0, 0.1) is 18.3 Å². The van der Waals surface area contributed by atoms with Crippen LogP contribution in [-0.4, -0.2) is 28.6 Å². The minimum atomic E-state index is 0.169. The third-order valence-corrected chi connectivity index (χ3v) is 4.62. The van der Waals surface area contributed by atoms with Gasteiger partial charge in [-0.3, -0.25) is 4.79 Å². The summed E-state index contributed by atoms with van der Waals surface area (Å²) in [6.07, 6.45) is 1.62. The number of nitrogens with zero attached hydrogens (tertiary/aromatic N) is 2. The summed E-state index contributed by atoms with van der Waals surface area (Å²) in [6, 6.07) is 2.20. The zero-order valence-corrected chi connectivity index (χ0v) is 10.6. The van der Waals surface area contributed by atoms with Crippen molar-refractivity contribution in [2.45, 2.75) is 39.7 Å². The molecule has 0 aromatic carbocycles. The van der Waals surface area contributed by atoms with Crippen molar-refractivity contribution in [1.82, 2.24) is 10.1 Å². The van der Waals surface area contributed by atoms with Crippen LogP contribution in [0.1, 0.15) is 31.7 Å². The molecule has 3 atom stereocenters. The number of aryl methyl sites for hydroxylation is 1. The molecule has 4 nitrogen and oxygen atoms in total. The lowest BCUT2D eigenvalue weighted by Gasteiger charge is -2.27. The summed E-state index contributed by atoms with van der Waals surface area (Å²) < 4.78 is 5.10. The minimum absolute atomic E-state index is 0.169. The molecule has 0 spiro atoms. The van der Waals surface area contributed by atoms with E-state index in [0.29, 0.717) is 23.6 Å². The second kappa shape index (κ2) is 3.34. The number of amides is 1. The van der Waals surface area contributed by atoms with Crippen LogP contribution in [0.25, 0.3) is 0 Å². The number of fused-ring (bicyclic) bond motifs is 1. The quantitative estimate of drug-likeness (QED) is 0.783. The second-order valence-electron chi connectivity index (χ2n) is 5.74. The zero-order valence-electron chi connectivity index (χ0n) is 10.6. The third kappa shape index (κ3) is 1.58. The van der Waals surface area contributed by atoms with E-state index < -0.39 is 0 Å². The van der Waals surface area contributed by atoms with Gasteiger partial charge in [-0.2, -0.15) is 0 Å². The molecule has 1 aliphatic carbocycles. The molecule has 2 aliphatic rings. The SMILES string of the molecule is Cc1cc(CC(=O)N2CC3CC3(C)C2C)on1. The topological polar surface area (TPSA) is 46.3 Å². The van der Waals surface area contributed by atoms with E-state index in [0.717, 1.165) is 18.2 Å². The molecule has 1 aliphatic heterocycles. The van der Waals surface area contributed by atoms with Gasteiger partial charge in [0.1, 0.15) is 5.76 Å². The van der Waals surface area contributed by atoms with Crippen molar-refractivity contribution in [3.8, 4) is 0 Å². The Morgan fingerprint density at radius 1 is 1.71 bits per heavy atom. The number of carbonyl (C=O) groups excluding carboxylic acids is 1. The summed E-state index contributed by atoms with van der Waals surface area (Å²) in [4.78, 5) is 14.2. The smallest absolute Gasteiger partial charge is 0.230 e. The Kier molecular flexibility index (Phi) is 2.12. The van der Waals surface area contributed by atoms with Crippen molar-refractivity contribution in [3.63, 3.8) is 0 Å². The van der Waals surface area contributed by atoms with Crippen LogP contribution in [0.3, 0.4) is 0 Å². The van der Waals surface area contributed by atoms with E-state index in [1.165, 1.54) is 6.42 Å². The van der Waals surface area contributed by atoms with Gasteiger partial charge in [-0.1, -0.05) is 12.1 Å². The first kappa shape index (κ1) is 10.8. The highest BCUT2D eigenvalue weighted by molar-refractivity contribution is 5.79. The number of likely N-dealkylation sites (tertiary alicyclic amines) is 1. The standard InChI is InChI=1S/C13H18N2O2/c1-8-4-11(17-14-8)5-12(16)15-7-10-6-13(10,3)9(15)2/h4,9-10H,5-7H2,1-3H3. The lowest BCUT2D eigenvalue weighted by atomic mass is 10.0. The van der Waals surface area contributed by atoms with Crippen LogP contribution in [0.4, 0.5) is 0 Å². The first-order valence-electron chi connectivity index (χ1n) is 6.22. The fourth-order valence-electron chi connectivity index (χ4n) is 3.08. The van der Waals surface area contributed by atoms with Crippen molar-refractivity contribution in [3.05, 3.63) is 17.5 Å². The Hall–Kier alpha value is -1.32. The number of aromatic nitrogens is 1. The molecule has 2 fully saturated rings. The van der Waals surface area contributed by atoms with Crippen molar-refractivity contribution >= 4 is 5.91 Å². The summed E-state index contributed by atoms with van der Waals surface area (Å²) in [5.74, 6) is 1.56. The fraction of sp³-hybridized carbons (Fsp3) is 0.692. The Balaban J connectivity index is 1.68. The van der Waals surface area contributed by atoms with Gasteiger partial charge < -0.3 is 9.42 Å². The van der Waals surface area contributed by atoms with Gasteiger partial charge in [0.05, 0.1) is 12.1 Å². The van der Waals surface area contributed by atoms with Crippen molar-refractivity contribution in [1.29, 1.82) is 0 Å². The average molecular weight is 234 g/mol. The normalized spacial score (nSPS) is 34.9. The van der Waals surface area contributed by atoms with Gasteiger partial charge in [0.25, 0.3) is 0 Å². The van der Waals surface area contributed by atoms with E-state index in [2.05, 4.69) is 19.0 Å². The predicted molar refractivity (Wildman–Crippen MR) is 62.3 cm³/mol. The van der Waals surface area contributed by atoms with E-state index >= 15 is 0 Å². The highest BCUT2D eigenvalue weighted by Gasteiger charge is 2.61. The molecule has 4 heteroatoms. The summed E-state index contributed by atoms with van der Waals surface area (Å²) in [5.41, 5.74) is 1.21. The summed E-state index contributed by atoms with van der Waals surface area (Å²) >= 11 is 0. The molecular formula is C13H18N2O2. The lowest BCUT2D eigenvalue weighted by molar-refractivity contribution is -0.132. The van der Waals surface area contributed by atoms with E-state index in [1.807, 2.05) is 17.9 Å². The van der Waals surface area contributed by atoms with Crippen LogP contribution in [0.2, 0.25) is 0 Å². The maximum absolute atomic E-state index is 12.2. The molecule has 1 saturated heterocycles. The molecule has 3 rings (SSSR count). The van der Waals surface area contributed by atoms with Crippen molar-refractivity contribution < 1.29 is 9.32 Å². The monoisotopic (exact) mass is 234 g/mol. The number of rotatable bonds is 2. The molecule has 2 heterocycles. The highest BCUT2D eigenvalue weighted by Crippen LogP contribution is 2.61. The number of hydrogen-bond acceptors (Lipinski definition) is 3. The Labute approximate surface area is 101 Å². The largest absolute Gasteiger partial charge is 0.361 e. The first-order valence-corrected chi connectivity index (χ1v) is 6.22. The molecule has 1 aromatic rings. The Bertz CT molecular complexity index is 468. The van der Waals surface area contributed by atoms with Gasteiger partial charge in [0, 0.05) is 18.7 Å². The van der Waals surface area contributed by atoms with Gasteiger partial charge in [-0.05, 0) is 31.6 Å². The van der Waals surface area contributed by atoms with Gasteiger partial charge in [0.15, 0.2) is 0 Å². The van der Waals surface area contributed by atoms with Gasteiger partial charge in [-0.15, -0.1) is 0 Å². The average Bonchev–Trinajstić information content (AvgIpc) is 2.63. The summed E-state index contributed by atoms with van der Waals surface area (Å²) in [7, 11) is 0. The molecule has 17 heavy (non-hydrogen) atoms. The van der Waals surface area contributed by atoms with E-state index in [9.17, 15) is 4.79 Å². The third-order valence-electron chi connectivity index (χ3n) is 4.62. The van der Waals surface area contributed by atoms with E-state index in [4.69, 9.17) is 4.52 Å². The van der Waals surface area contributed by atoms with Gasteiger partial charge in [0.2, 0.25) is 5.91 Å². The first-order chi connectivity index (χ1) is 8.00. The van der Waals surface area contributed by atoms with E-state index in [-0.39, 0.29) is 5.91 Å². The molecule has 0 bridgehead atoms. The maximum Gasteiger partial charge on any atom is 0.230 e. The minimum Gasteiger partial charge on any atom is -0.361 e. The number of piperidine rings is 1. The molecule has 3 unspecified atom stereocenters. The van der Waals surface area contributed by atoms with Crippen LogP contribution in [0.5, 0.6) is 0 Å². The van der Waals surface area contributed by atoms with Gasteiger partial charge in [-0.25, -0.2) is 0 Å². The van der Waals surface area contributed by atoms with Crippen LogP contribution in [-0.2, 0) is 11.2 Å². The zero-order chi connectivity index (χ0) is 12.2. The Morgan fingerprint density at radius 3 is 3.00 bits per heavy atom. The van der Waals surface area contributed by atoms with Crippen LogP contribution >= 0.6 is 0 Å². The molecule has 92 valence electrons. The van der Waals surface area contributed by atoms with Crippen LogP contribution < -0.4 is 0 Å². The van der Waals surface area contributed by atoms with Gasteiger partial charge >= 0.3 is 0 Å². The van der Waals surface area contributed by atoms with E-state index in [1.54, 1.807) is 0 Å². The van der Waals surface area contributed by atoms with Crippen molar-refractivity contribution in [2.24, 2.45) is 11.3 Å². The molecule has 1 saturated carbocycles. The predicted octanol–water partition coefficient (Wildman–Crippen LogP) is 1.78. The molecular weight excluding hydrogens is 216 g/mol. The molecule has 1 aromatic heterocycles. The molecule has 0 N–H and O–H groups in total. The number of carbonyl (C=O) groups is 1. The summed E-state index contributed by atoms with van der Waals surface area (Å²) in [6.45, 7) is 7.24. The lowest BCUT2D eigenvalue weighted by Crippen LogP contribution is -2.39. The maximum atomic E-state index is 12.2. The Morgan fingerprint density at radius 2 is 2.47 bits per heavy atom. The fourth-order valence-corrected chi connectivity index (χ4v) is 3.08.